The highest BCUT2D eigenvalue weighted by atomic mass is 35.5. The van der Waals surface area contributed by atoms with Gasteiger partial charge in [-0.15, -0.1) is 0 Å². The van der Waals surface area contributed by atoms with Crippen molar-refractivity contribution in [1.29, 1.82) is 0 Å². The molecule has 0 radical (unpaired) electrons. The molecular weight excluding hydrogens is 533 g/mol. The highest BCUT2D eigenvalue weighted by Gasteiger charge is 2.33. The Hall–Kier alpha value is -3.72. The minimum atomic E-state index is -0.534. The lowest BCUT2D eigenvalue weighted by Crippen LogP contribution is -2.38. The molecule has 0 amide bonds. The zero-order chi connectivity index (χ0) is 25.8. The minimum absolute atomic E-state index is 0.0386. The van der Waals surface area contributed by atoms with Crippen LogP contribution in [0.25, 0.3) is 11.8 Å². The third-order valence-electron chi connectivity index (χ3n) is 6.61. The number of phenols is 1. The van der Waals surface area contributed by atoms with Gasteiger partial charge in [-0.1, -0.05) is 70.9 Å². The molecule has 184 valence electrons. The predicted octanol–water partition coefficient (Wildman–Crippen LogP) is 5.24. The number of nitro benzene ring substituents is 1. The van der Waals surface area contributed by atoms with Gasteiger partial charge in [0.15, 0.2) is 10.6 Å². The summed E-state index contributed by atoms with van der Waals surface area (Å²) in [6.07, 6.45) is 3.11. The molecule has 1 atom stereocenters. The van der Waals surface area contributed by atoms with Crippen molar-refractivity contribution in [2.75, 3.05) is 0 Å². The number of rotatable bonds is 3. The minimum Gasteiger partial charge on any atom is -0.505 e. The van der Waals surface area contributed by atoms with Crippen molar-refractivity contribution in [1.82, 2.24) is 4.57 Å². The summed E-state index contributed by atoms with van der Waals surface area (Å²) in [6.45, 7) is 0. The van der Waals surface area contributed by atoms with E-state index in [-0.39, 0.29) is 27.0 Å². The molecule has 37 heavy (non-hydrogen) atoms. The van der Waals surface area contributed by atoms with Crippen LogP contribution in [0.2, 0.25) is 10.0 Å². The van der Waals surface area contributed by atoms with Gasteiger partial charge >= 0.3 is 0 Å². The Morgan fingerprint density at radius 3 is 2.59 bits per heavy atom. The van der Waals surface area contributed by atoms with Gasteiger partial charge in [-0.25, -0.2) is 4.99 Å². The number of thiazole rings is 1. The van der Waals surface area contributed by atoms with Crippen LogP contribution in [0.5, 0.6) is 5.75 Å². The van der Waals surface area contributed by atoms with Crippen molar-refractivity contribution in [3.05, 3.63) is 128 Å². The number of fused-ring (bicyclic) bond motifs is 3. The van der Waals surface area contributed by atoms with Crippen LogP contribution >= 0.6 is 34.5 Å². The topological polar surface area (TPSA) is 97.7 Å². The van der Waals surface area contributed by atoms with Crippen LogP contribution in [-0.2, 0) is 6.42 Å². The molecule has 1 N–H and O–H groups in total. The second-order valence-electron chi connectivity index (χ2n) is 8.80. The van der Waals surface area contributed by atoms with Crippen LogP contribution in [-0.4, -0.2) is 14.6 Å². The zero-order valence-corrected chi connectivity index (χ0v) is 21.3. The Labute approximate surface area is 224 Å². The predicted molar refractivity (Wildman–Crippen MR) is 144 cm³/mol. The van der Waals surface area contributed by atoms with Crippen molar-refractivity contribution in [2.45, 2.75) is 18.9 Å². The molecule has 0 bridgehead atoms. The normalized spacial score (nSPS) is 16.6. The molecule has 6 rings (SSSR count). The Morgan fingerprint density at radius 1 is 1.08 bits per heavy atom. The maximum atomic E-state index is 13.8. The smallest absolute Gasteiger partial charge is 0.271 e. The van der Waals surface area contributed by atoms with Crippen molar-refractivity contribution in [3.8, 4) is 5.75 Å². The van der Waals surface area contributed by atoms with E-state index in [1.807, 2.05) is 24.3 Å². The molecule has 0 spiro atoms. The molecule has 1 aliphatic carbocycles. The van der Waals surface area contributed by atoms with E-state index in [9.17, 15) is 20.0 Å². The Bertz CT molecular complexity index is 1820. The lowest BCUT2D eigenvalue weighted by atomic mass is 9.83. The Balaban J connectivity index is 1.63. The standard InChI is InChI=1S/C27H17Cl2N3O4S/c28-20-10-14(11-21(29)25(20)33)12-22-26(34)31-24(16-5-3-6-17(13-16)32(35)36)19-9-8-15-4-1-2-7-18(15)23(19)30-27(31)37-22/h1-7,10-13,24,33H,8-9H2. The highest BCUT2D eigenvalue weighted by Crippen LogP contribution is 2.41. The Morgan fingerprint density at radius 2 is 1.84 bits per heavy atom. The summed E-state index contributed by atoms with van der Waals surface area (Å²) in [7, 11) is 0. The fourth-order valence-electron chi connectivity index (χ4n) is 4.95. The van der Waals surface area contributed by atoms with Gasteiger partial charge in [-0.05, 0) is 53.3 Å². The number of aromatic nitrogens is 1. The number of non-ortho nitro benzene ring substituents is 1. The monoisotopic (exact) mass is 549 g/mol. The van der Waals surface area contributed by atoms with Crippen molar-refractivity contribution in [2.24, 2.45) is 4.99 Å². The fraction of sp³-hybridized carbons (Fsp3) is 0.111. The van der Waals surface area contributed by atoms with Gasteiger partial charge in [-0.3, -0.25) is 19.5 Å². The molecule has 0 fully saturated rings. The first-order chi connectivity index (χ1) is 17.8. The molecular formula is C27H17Cl2N3O4S. The number of allylic oxidation sites excluding steroid dienone is 1. The lowest BCUT2D eigenvalue weighted by molar-refractivity contribution is -0.384. The number of benzene rings is 3. The average Bonchev–Trinajstić information content (AvgIpc) is 3.20. The van der Waals surface area contributed by atoms with Crippen LogP contribution in [0, 0.1) is 10.1 Å². The summed E-state index contributed by atoms with van der Waals surface area (Å²) in [4.78, 5) is 30.3. The number of aryl methyl sites for hydroxylation is 1. The number of hydrogen-bond acceptors (Lipinski definition) is 6. The zero-order valence-electron chi connectivity index (χ0n) is 19.0. The Kier molecular flexibility index (Phi) is 5.75. The van der Waals surface area contributed by atoms with Crippen molar-refractivity contribution < 1.29 is 10.0 Å². The van der Waals surface area contributed by atoms with Crippen molar-refractivity contribution >= 4 is 52.0 Å². The molecule has 7 nitrogen and oxygen atoms in total. The van der Waals surface area contributed by atoms with Crippen LogP contribution in [0.3, 0.4) is 0 Å². The largest absolute Gasteiger partial charge is 0.505 e. The van der Waals surface area contributed by atoms with Crippen LogP contribution < -0.4 is 14.9 Å². The first-order valence-electron chi connectivity index (χ1n) is 11.4. The fourth-order valence-corrected chi connectivity index (χ4v) is 6.46. The van der Waals surface area contributed by atoms with Crippen LogP contribution in [0.4, 0.5) is 5.69 Å². The summed E-state index contributed by atoms with van der Waals surface area (Å²) in [5.74, 6) is -0.223. The summed E-state index contributed by atoms with van der Waals surface area (Å²) in [5, 5.41) is 21.6. The number of nitro groups is 1. The van der Waals surface area contributed by atoms with Crippen LogP contribution in [0.1, 0.15) is 34.7 Å². The number of hydrogen-bond donors (Lipinski definition) is 1. The molecule has 1 aliphatic heterocycles. The van der Waals surface area contributed by atoms with Gasteiger partial charge in [0.2, 0.25) is 0 Å². The van der Waals surface area contributed by atoms with Gasteiger partial charge in [0.25, 0.3) is 11.2 Å². The molecule has 3 aromatic carbocycles. The SMILES string of the molecule is O=c1c(=Cc2cc(Cl)c(O)c(Cl)c2)sc2n1C(c1cccc([N+](=O)[O-])c1)C1=C(N=2)c2ccccc2CC1. The van der Waals surface area contributed by atoms with E-state index in [0.29, 0.717) is 26.9 Å². The molecule has 0 saturated carbocycles. The third kappa shape index (κ3) is 3.98. The lowest BCUT2D eigenvalue weighted by Gasteiger charge is -2.30. The van der Waals surface area contributed by atoms with Gasteiger partial charge in [0, 0.05) is 17.7 Å². The van der Waals surface area contributed by atoms with E-state index < -0.39 is 11.0 Å². The van der Waals surface area contributed by atoms with E-state index >= 15 is 0 Å². The highest BCUT2D eigenvalue weighted by molar-refractivity contribution is 7.07. The summed E-state index contributed by atoms with van der Waals surface area (Å²) < 4.78 is 2.02. The maximum absolute atomic E-state index is 13.8. The summed E-state index contributed by atoms with van der Waals surface area (Å²) in [6, 6.07) is 17.0. The number of phenolic OH excluding ortho intramolecular Hbond substituents is 1. The van der Waals surface area contributed by atoms with Gasteiger partial charge in [-0.2, -0.15) is 0 Å². The number of nitrogens with zero attached hydrogens (tertiary/aromatic N) is 3. The first-order valence-corrected chi connectivity index (χ1v) is 12.9. The molecule has 2 aliphatic rings. The van der Waals surface area contributed by atoms with E-state index in [4.69, 9.17) is 28.2 Å². The molecule has 10 heteroatoms. The molecule has 2 heterocycles. The second-order valence-corrected chi connectivity index (χ2v) is 10.6. The van der Waals surface area contributed by atoms with E-state index in [1.54, 1.807) is 16.7 Å². The number of halogens is 2. The van der Waals surface area contributed by atoms with Gasteiger partial charge in [0.1, 0.15) is 0 Å². The van der Waals surface area contributed by atoms with Crippen LogP contribution in [0.15, 0.2) is 76.0 Å². The van der Waals surface area contributed by atoms with Gasteiger partial charge < -0.3 is 5.11 Å². The molecule has 1 aromatic heterocycles. The van der Waals surface area contributed by atoms with E-state index in [1.165, 1.54) is 41.2 Å². The molecule has 4 aromatic rings. The number of aromatic hydroxyl groups is 1. The summed E-state index contributed by atoms with van der Waals surface area (Å²) >= 11 is 13.4. The molecule has 0 saturated heterocycles. The quantitative estimate of drug-likeness (QED) is 0.279. The summed E-state index contributed by atoms with van der Waals surface area (Å²) in [5.41, 5.74) is 4.84. The second kappa shape index (κ2) is 8.99. The molecule has 1 unspecified atom stereocenters. The maximum Gasteiger partial charge on any atom is 0.271 e. The van der Waals surface area contributed by atoms with Gasteiger partial charge in [0.05, 0.1) is 31.2 Å². The first kappa shape index (κ1) is 23.7. The van der Waals surface area contributed by atoms with E-state index in [2.05, 4.69) is 6.07 Å². The third-order valence-corrected chi connectivity index (χ3v) is 8.17. The average molecular weight is 550 g/mol. The van der Waals surface area contributed by atoms with Crippen molar-refractivity contribution in [3.63, 3.8) is 0 Å². The van der Waals surface area contributed by atoms with E-state index in [0.717, 1.165) is 23.3 Å².